The predicted molar refractivity (Wildman–Crippen MR) is 144 cm³/mol. The number of esters is 1. The number of hydrogen-bond donors (Lipinski definition) is 2. The minimum Gasteiger partial charge on any atom is -0.465 e. The van der Waals surface area contributed by atoms with Gasteiger partial charge in [-0.15, -0.1) is 0 Å². The molecule has 0 spiro atoms. The molecule has 0 aliphatic heterocycles. The van der Waals surface area contributed by atoms with Gasteiger partial charge < -0.3 is 15.4 Å². The molecular weight excluding hydrogens is 464 g/mol. The van der Waals surface area contributed by atoms with Crippen molar-refractivity contribution in [1.29, 1.82) is 0 Å². The Kier molecular flexibility index (Phi) is 6.85. The van der Waals surface area contributed by atoms with Gasteiger partial charge in [0.1, 0.15) is 0 Å². The number of carbonyl (C=O) groups is 2. The number of fused-ring (bicyclic) bond motifs is 1. The number of carbonyl (C=O) groups excluding carboxylic acids is 2. The first-order chi connectivity index (χ1) is 18.1. The molecule has 1 amide bonds. The second-order valence-corrected chi connectivity index (χ2v) is 8.47. The maximum Gasteiger partial charge on any atom is 0.337 e. The topological polar surface area (TPSA) is 93.2 Å². The van der Waals surface area contributed by atoms with E-state index in [1.165, 1.54) is 12.7 Å². The third kappa shape index (κ3) is 5.62. The lowest BCUT2D eigenvalue weighted by Gasteiger charge is -2.11. The average Bonchev–Trinajstić information content (AvgIpc) is 2.94. The molecule has 0 aliphatic carbocycles. The third-order valence-electron chi connectivity index (χ3n) is 5.96. The van der Waals surface area contributed by atoms with Crippen molar-refractivity contribution in [2.75, 3.05) is 17.7 Å². The number of aromatic nitrogens is 2. The summed E-state index contributed by atoms with van der Waals surface area (Å²) >= 11 is 0. The molecule has 0 aliphatic rings. The molecule has 37 heavy (non-hydrogen) atoms. The van der Waals surface area contributed by atoms with Crippen molar-refractivity contribution in [1.82, 2.24) is 9.97 Å². The molecule has 2 aromatic heterocycles. The molecule has 7 nitrogen and oxygen atoms in total. The standard InChI is InChI=1S/C30H24N4O3/c1-37-30(36)23-6-11-27-26(19-23)28(14-17-32-27)33-24-9-4-22(5-10-24)29(35)34-25-7-2-20(3-8-25)18-21-12-15-31-16-13-21/h2-17,19H,18H2,1H3,(H,32,33)(H,34,35). The Morgan fingerprint density at radius 1 is 0.757 bits per heavy atom. The van der Waals surface area contributed by atoms with Crippen LogP contribution in [0.3, 0.4) is 0 Å². The Balaban J connectivity index is 1.25. The van der Waals surface area contributed by atoms with E-state index in [0.717, 1.165) is 39.9 Å². The van der Waals surface area contributed by atoms with E-state index in [1.54, 1.807) is 48.9 Å². The van der Waals surface area contributed by atoms with Gasteiger partial charge in [-0.25, -0.2) is 4.79 Å². The number of nitrogens with zero attached hydrogens (tertiary/aromatic N) is 2. The van der Waals surface area contributed by atoms with Gasteiger partial charge in [0.2, 0.25) is 0 Å². The molecule has 0 radical (unpaired) electrons. The lowest BCUT2D eigenvalue weighted by atomic mass is 10.1. The average molecular weight is 489 g/mol. The number of hydrogen-bond acceptors (Lipinski definition) is 6. The van der Waals surface area contributed by atoms with E-state index < -0.39 is 5.97 Å². The monoisotopic (exact) mass is 488 g/mol. The minimum atomic E-state index is -0.407. The number of methoxy groups -OCH3 is 1. The molecule has 3 aromatic carbocycles. The van der Waals surface area contributed by atoms with E-state index in [1.807, 2.05) is 54.6 Å². The molecule has 0 fully saturated rings. The van der Waals surface area contributed by atoms with Crippen LogP contribution in [0.15, 0.2) is 104 Å². The fourth-order valence-corrected chi connectivity index (χ4v) is 4.01. The molecule has 182 valence electrons. The molecule has 5 rings (SSSR count). The normalized spacial score (nSPS) is 10.6. The zero-order valence-electron chi connectivity index (χ0n) is 20.1. The lowest BCUT2D eigenvalue weighted by Crippen LogP contribution is -2.11. The van der Waals surface area contributed by atoms with Crippen LogP contribution in [0.2, 0.25) is 0 Å². The van der Waals surface area contributed by atoms with Crippen molar-refractivity contribution in [2.24, 2.45) is 0 Å². The number of anilines is 3. The quantitative estimate of drug-likeness (QED) is 0.273. The van der Waals surface area contributed by atoms with Gasteiger partial charge >= 0.3 is 5.97 Å². The first-order valence-electron chi connectivity index (χ1n) is 11.7. The van der Waals surface area contributed by atoms with Crippen LogP contribution in [0.5, 0.6) is 0 Å². The zero-order valence-corrected chi connectivity index (χ0v) is 20.1. The zero-order chi connectivity index (χ0) is 25.6. The fraction of sp³-hybridized carbons (Fsp3) is 0.0667. The van der Waals surface area contributed by atoms with Crippen molar-refractivity contribution in [2.45, 2.75) is 6.42 Å². The Bertz CT molecular complexity index is 1550. The molecular formula is C30H24N4O3. The maximum atomic E-state index is 12.8. The number of amides is 1. The number of nitrogens with one attached hydrogen (secondary N) is 2. The molecule has 0 atom stereocenters. The second kappa shape index (κ2) is 10.7. The van der Waals surface area contributed by atoms with E-state index in [2.05, 4.69) is 20.6 Å². The van der Waals surface area contributed by atoms with Gasteiger partial charge in [0, 0.05) is 46.6 Å². The van der Waals surface area contributed by atoms with Crippen LogP contribution in [0.25, 0.3) is 10.9 Å². The highest BCUT2D eigenvalue weighted by molar-refractivity contribution is 6.04. The molecule has 0 bridgehead atoms. The van der Waals surface area contributed by atoms with Gasteiger partial charge in [-0.1, -0.05) is 12.1 Å². The van der Waals surface area contributed by atoms with E-state index in [9.17, 15) is 9.59 Å². The molecule has 7 heteroatoms. The summed E-state index contributed by atoms with van der Waals surface area (Å²) in [5, 5.41) is 7.08. The molecule has 0 unspecified atom stereocenters. The molecule has 0 saturated heterocycles. The van der Waals surface area contributed by atoms with Crippen molar-refractivity contribution in [3.63, 3.8) is 0 Å². The van der Waals surface area contributed by atoms with Crippen LogP contribution in [-0.2, 0) is 11.2 Å². The molecule has 5 aromatic rings. The number of benzene rings is 3. The van der Waals surface area contributed by atoms with Gasteiger partial charge in [-0.05, 0) is 90.3 Å². The molecule has 0 saturated carbocycles. The Morgan fingerprint density at radius 2 is 1.43 bits per heavy atom. The van der Waals surface area contributed by atoms with E-state index in [-0.39, 0.29) is 5.91 Å². The Labute approximate surface area is 214 Å². The molecule has 2 heterocycles. The van der Waals surface area contributed by atoms with Crippen molar-refractivity contribution in [3.8, 4) is 0 Å². The SMILES string of the molecule is COC(=O)c1ccc2nccc(Nc3ccc(C(=O)Nc4ccc(Cc5ccncc5)cc4)cc3)c2c1. The molecule has 2 N–H and O–H groups in total. The summed E-state index contributed by atoms with van der Waals surface area (Å²) in [7, 11) is 1.35. The van der Waals surface area contributed by atoms with Gasteiger partial charge in [0.05, 0.1) is 18.2 Å². The summed E-state index contributed by atoms with van der Waals surface area (Å²) in [6.07, 6.45) is 6.07. The highest BCUT2D eigenvalue weighted by atomic mass is 16.5. The van der Waals surface area contributed by atoms with Crippen LogP contribution in [0.1, 0.15) is 31.8 Å². The minimum absolute atomic E-state index is 0.189. The van der Waals surface area contributed by atoms with E-state index in [4.69, 9.17) is 4.74 Å². The second-order valence-electron chi connectivity index (χ2n) is 8.47. The van der Waals surface area contributed by atoms with Crippen molar-refractivity contribution >= 4 is 39.8 Å². The van der Waals surface area contributed by atoms with Crippen LogP contribution in [-0.4, -0.2) is 29.0 Å². The van der Waals surface area contributed by atoms with Crippen LogP contribution in [0, 0.1) is 0 Å². The Morgan fingerprint density at radius 3 is 2.16 bits per heavy atom. The number of ether oxygens (including phenoxy) is 1. The summed E-state index contributed by atoms with van der Waals surface area (Å²) in [6, 6.07) is 26.1. The van der Waals surface area contributed by atoms with Crippen LogP contribution in [0.4, 0.5) is 17.1 Å². The number of pyridine rings is 2. The highest BCUT2D eigenvalue weighted by Crippen LogP contribution is 2.27. The predicted octanol–water partition coefficient (Wildman–Crippen LogP) is 6.00. The number of rotatable bonds is 7. The fourth-order valence-electron chi connectivity index (χ4n) is 4.01. The lowest BCUT2D eigenvalue weighted by molar-refractivity contribution is 0.0600. The smallest absolute Gasteiger partial charge is 0.337 e. The first-order valence-corrected chi connectivity index (χ1v) is 11.7. The van der Waals surface area contributed by atoms with E-state index >= 15 is 0 Å². The summed E-state index contributed by atoms with van der Waals surface area (Å²) in [4.78, 5) is 33.1. The van der Waals surface area contributed by atoms with Crippen LogP contribution < -0.4 is 10.6 Å². The summed E-state index contributed by atoms with van der Waals surface area (Å²) in [5.74, 6) is -0.596. The summed E-state index contributed by atoms with van der Waals surface area (Å²) in [6.45, 7) is 0. The van der Waals surface area contributed by atoms with Crippen LogP contribution >= 0.6 is 0 Å². The van der Waals surface area contributed by atoms with Crippen molar-refractivity contribution < 1.29 is 14.3 Å². The van der Waals surface area contributed by atoms with Gasteiger partial charge in [0.25, 0.3) is 5.91 Å². The van der Waals surface area contributed by atoms with E-state index in [0.29, 0.717) is 11.1 Å². The van der Waals surface area contributed by atoms with Gasteiger partial charge in [-0.2, -0.15) is 0 Å². The maximum absolute atomic E-state index is 12.8. The highest BCUT2D eigenvalue weighted by Gasteiger charge is 2.10. The third-order valence-corrected chi connectivity index (χ3v) is 5.96. The summed E-state index contributed by atoms with van der Waals surface area (Å²) < 4.78 is 4.83. The van der Waals surface area contributed by atoms with Gasteiger partial charge in [-0.3, -0.25) is 14.8 Å². The largest absolute Gasteiger partial charge is 0.465 e. The summed E-state index contributed by atoms with van der Waals surface area (Å²) in [5.41, 5.74) is 6.40. The van der Waals surface area contributed by atoms with Gasteiger partial charge in [0.15, 0.2) is 0 Å². The van der Waals surface area contributed by atoms with Crippen molar-refractivity contribution in [3.05, 3.63) is 126 Å². The Hall–Kier alpha value is -5.04. The first kappa shape index (κ1) is 23.7.